The number of aliphatic carboxylic acids is 1. The van der Waals surface area contributed by atoms with Crippen LogP contribution in [-0.2, 0) is 9.59 Å². The summed E-state index contributed by atoms with van der Waals surface area (Å²) < 4.78 is 0. The molecule has 0 radical (unpaired) electrons. The number of carbonyl (C=O) groups is 2. The Balaban J connectivity index is 1.92. The highest BCUT2D eigenvalue weighted by Gasteiger charge is 2.48. The highest BCUT2D eigenvalue weighted by Crippen LogP contribution is 2.39. The lowest BCUT2D eigenvalue weighted by atomic mass is 10.3. The molecule has 78 valence electrons. The summed E-state index contributed by atoms with van der Waals surface area (Å²) in [6.07, 6.45) is 3.56. The van der Waals surface area contributed by atoms with E-state index in [0.29, 0.717) is 12.1 Å². The zero-order valence-corrected chi connectivity index (χ0v) is 7.88. The number of pyridine rings is 1. The summed E-state index contributed by atoms with van der Waals surface area (Å²) in [6, 6.07) is 3.42. The van der Waals surface area contributed by atoms with Crippen LogP contribution in [0, 0.1) is 11.8 Å². The van der Waals surface area contributed by atoms with Crippen molar-refractivity contribution >= 4 is 17.6 Å². The molecule has 0 aliphatic heterocycles. The van der Waals surface area contributed by atoms with E-state index in [2.05, 4.69) is 10.3 Å². The molecule has 5 heteroatoms. The third kappa shape index (κ3) is 2.12. The molecule has 0 spiro atoms. The van der Waals surface area contributed by atoms with Crippen LogP contribution in [0.25, 0.3) is 0 Å². The molecule has 1 saturated carbocycles. The van der Waals surface area contributed by atoms with Crippen molar-refractivity contribution in [3.05, 3.63) is 24.5 Å². The average Bonchev–Trinajstić information content (AvgIpc) is 2.98. The van der Waals surface area contributed by atoms with Crippen LogP contribution in [0.1, 0.15) is 6.42 Å². The van der Waals surface area contributed by atoms with Gasteiger partial charge in [0.2, 0.25) is 5.91 Å². The third-order valence-corrected chi connectivity index (χ3v) is 2.37. The second-order valence-electron chi connectivity index (χ2n) is 3.52. The largest absolute Gasteiger partial charge is 0.481 e. The van der Waals surface area contributed by atoms with Crippen molar-refractivity contribution < 1.29 is 14.7 Å². The van der Waals surface area contributed by atoms with Gasteiger partial charge in [-0.3, -0.25) is 14.6 Å². The quantitative estimate of drug-likeness (QED) is 0.764. The second-order valence-corrected chi connectivity index (χ2v) is 3.52. The molecule has 0 bridgehead atoms. The summed E-state index contributed by atoms with van der Waals surface area (Å²) in [5.74, 6) is -2.04. The van der Waals surface area contributed by atoms with E-state index in [-0.39, 0.29) is 11.8 Å². The molecule has 0 unspecified atom stereocenters. The molecule has 2 atom stereocenters. The molecule has 1 aromatic rings. The Morgan fingerprint density at radius 1 is 1.47 bits per heavy atom. The summed E-state index contributed by atoms with van der Waals surface area (Å²) in [7, 11) is 0. The van der Waals surface area contributed by atoms with Crippen LogP contribution in [-0.4, -0.2) is 22.0 Å². The van der Waals surface area contributed by atoms with Gasteiger partial charge in [-0.2, -0.15) is 0 Å². The van der Waals surface area contributed by atoms with Gasteiger partial charge in [-0.05, 0) is 18.6 Å². The normalized spacial score (nSPS) is 23.2. The molecule has 0 aromatic carbocycles. The first-order valence-corrected chi connectivity index (χ1v) is 4.62. The average molecular weight is 206 g/mol. The van der Waals surface area contributed by atoms with E-state index in [9.17, 15) is 9.59 Å². The van der Waals surface area contributed by atoms with Crippen LogP contribution < -0.4 is 5.32 Å². The van der Waals surface area contributed by atoms with Gasteiger partial charge < -0.3 is 10.4 Å². The van der Waals surface area contributed by atoms with E-state index in [1.54, 1.807) is 18.3 Å². The topological polar surface area (TPSA) is 79.3 Å². The minimum atomic E-state index is -0.902. The fourth-order valence-electron chi connectivity index (χ4n) is 1.43. The van der Waals surface area contributed by atoms with E-state index >= 15 is 0 Å². The molecule has 5 nitrogen and oxygen atoms in total. The van der Waals surface area contributed by atoms with Gasteiger partial charge in [0.15, 0.2) is 0 Å². The number of aromatic nitrogens is 1. The molecule has 1 aliphatic rings. The Morgan fingerprint density at radius 2 is 2.27 bits per heavy atom. The van der Waals surface area contributed by atoms with Gasteiger partial charge in [0, 0.05) is 6.20 Å². The molecule has 2 rings (SSSR count). The summed E-state index contributed by atoms with van der Waals surface area (Å²) >= 11 is 0. The lowest BCUT2D eigenvalue weighted by Gasteiger charge is -2.02. The summed E-state index contributed by atoms with van der Waals surface area (Å²) in [6.45, 7) is 0. The van der Waals surface area contributed by atoms with Crippen LogP contribution in [0.2, 0.25) is 0 Å². The van der Waals surface area contributed by atoms with Gasteiger partial charge >= 0.3 is 5.97 Å². The van der Waals surface area contributed by atoms with Gasteiger partial charge in [0.25, 0.3) is 0 Å². The van der Waals surface area contributed by atoms with Crippen LogP contribution in [0.15, 0.2) is 24.5 Å². The maximum absolute atomic E-state index is 11.5. The van der Waals surface area contributed by atoms with Gasteiger partial charge in [-0.1, -0.05) is 0 Å². The van der Waals surface area contributed by atoms with E-state index in [1.807, 2.05) is 0 Å². The predicted molar refractivity (Wildman–Crippen MR) is 52.1 cm³/mol. The molecule has 1 heterocycles. The molecule has 2 N–H and O–H groups in total. The monoisotopic (exact) mass is 206 g/mol. The molecule has 1 amide bonds. The zero-order chi connectivity index (χ0) is 10.8. The van der Waals surface area contributed by atoms with Crippen molar-refractivity contribution in [2.45, 2.75) is 6.42 Å². The van der Waals surface area contributed by atoms with Crippen LogP contribution >= 0.6 is 0 Å². The van der Waals surface area contributed by atoms with Crippen LogP contribution in [0.3, 0.4) is 0 Å². The van der Waals surface area contributed by atoms with Crippen molar-refractivity contribution in [3.63, 3.8) is 0 Å². The molecule has 1 aromatic heterocycles. The second kappa shape index (κ2) is 3.68. The van der Waals surface area contributed by atoms with E-state index in [1.165, 1.54) is 6.20 Å². The highest BCUT2D eigenvalue weighted by atomic mass is 16.4. The van der Waals surface area contributed by atoms with Gasteiger partial charge in [0.1, 0.15) is 0 Å². The summed E-state index contributed by atoms with van der Waals surface area (Å²) in [5, 5.41) is 11.3. The Hall–Kier alpha value is -1.91. The maximum Gasteiger partial charge on any atom is 0.307 e. The number of hydrogen-bond donors (Lipinski definition) is 2. The van der Waals surface area contributed by atoms with Crippen molar-refractivity contribution in [1.82, 2.24) is 4.98 Å². The lowest BCUT2D eigenvalue weighted by Crippen LogP contribution is -2.16. The number of nitrogens with zero attached hydrogens (tertiary/aromatic N) is 1. The van der Waals surface area contributed by atoms with Gasteiger partial charge in [0.05, 0.1) is 23.7 Å². The SMILES string of the molecule is O=C(Nc1cccnc1)[C@H]1C[C@H]1C(=O)O. The smallest absolute Gasteiger partial charge is 0.307 e. The first-order valence-electron chi connectivity index (χ1n) is 4.62. The number of carbonyl (C=O) groups excluding carboxylic acids is 1. The Kier molecular flexibility index (Phi) is 2.37. The fraction of sp³-hybridized carbons (Fsp3) is 0.300. The van der Waals surface area contributed by atoms with Crippen LogP contribution in [0.4, 0.5) is 5.69 Å². The predicted octanol–water partition coefficient (Wildman–Crippen LogP) is 0.741. The standard InChI is InChI=1S/C10H10N2O3/c13-9(7-4-8(7)10(14)15)12-6-2-1-3-11-5-6/h1-3,5,7-8H,4H2,(H,12,13)(H,14,15)/t7-,8+/m0/s1. The fourth-order valence-corrected chi connectivity index (χ4v) is 1.43. The zero-order valence-electron chi connectivity index (χ0n) is 7.88. The van der Waals surface area contributed by atoms with Crippen LogP contribution in [0.5, 0.6) is 0 Å². The summed E-state index contributed by atoms with van der Waals surface area (Å²) in [4.78, 5) is 25.9. The molecule has 0 saturated heterocycles. The third-order valence-electron chi connectivity index (χ3n) is 2.37. The molecular formula is C10H10N2O3. The Morgan fingerprint density at radius 3 is 2.80 bits per heavy atom. The Labute approximate surface area is 86.1 Å². The number of rotatable bonds is 3. The maximum atomic E-state index is 11.5. The van der Waals surface area contributed by atoms with Crippen molar-refractivity contribution in [2.24, 2.45) is 11.8 Å². The number of amides is 1. The van der Waals surface area contributed by atoms with Crippen molar-refractivity contribution in [1.29, 1.82) is 0 Å². The number of anilines is 1. The number of carboxylic acids is 1. The molecule has 1 aliphatic carbocycles. The minimum Gasteiger partial charge on any atom is -0.481 e. The molecule has 15 heavy (non-hydrogen) atoms. The lowest BCUT2D eigenvalue weighted by molar-refractivity contribution is -0.139. The van der Waals surface area contributed by atoms with Crippen molar-refractivity contribution in [3.8, 4) is 0 Å². The number of hydrogen-bond acceptors (Lipinski definition) is 3. The van der Waals surface area contributed by atoms with Crippen molar-refractivity contribution in [2.75, 3.05) is 5.32 Å². The van der Waals surface area contributed by atoms with E-state index < -0.39 is 11.9 Å². The summed E-state index contributed by atoms with van der Waals surface area (Å²) in [5.41, 5.74) is 0.596. The number of carboxylic acid groups (broad SMARTS) is 1. The highest BCUT2D eigenvalue weighted by molar-refractivity contribution is 5.98. The first kappa shape index (κ1) is 9.64. The van der Waals surface area contributed by atoms with E-state index in [4.69, 9.17) is 5.11 Å². The number of nitrogens with one attached hydrogen (secondary N) is 1. The van der Waals surface area contributed by atoms with Gasteiger partial charge in [-0.15, -0.1) is 0 Å². The van der Waals surface area contributed by atoms with Gasteiger partial charge in [-0.25, -0.2) is 0 Å². The van der Waals surface area contributed by atoms with E-state index in [0.717, 1.165) is 0 Å². The minimum absolute atomic E-state index is 0.240. The molecular weight excluding hydrogens is 196 g/mol. The molecule has 1 fully saturated rings. The first-order chi connectivity index (χ1) is 7.18. The Bertz CT molecular complexity index is 391.